The molecular formula is C13H13ClN2O3. The summed E-state index contributed by atoms with van der Waals surface area (Å²) in [5.74, 6) is 0. The SMILES string of the molecule is CNC(Cc1ccc([N+](=O)[O-])cc1)c1ccoc1Cl. The molecule has 0 aliphatic heterocycles. The Bertz CT molecular complexity index is 566. The Labute approximate surface area is 115 Å². The van der Waals surface area contributed by atoms with Crippen molar-refractivity contribution in [2.75, 3.05) is 7.05 Å². The largest absolute Gasteiger partial charge is 0.453 e. The number of benzene rings is 1. The Kier molecular flexibility index (Phi) is 4.19. The molecule has 0 spiro atoms. The van der Waals surface area contributed by atoms with Crippen molar-refractivity contribution in [2.45, 2.75) is 12.5 Å². The average Bonchev–Trinajstić information content (AvgIpc) is 2.83. The molecule has 0 saturated carbocycles. The Morgan fingerprint density at radius 3 is 2.53 bits per heavy atom. The van der Waals surface area contributed by atoms with E-state index in [2.05, 4.69) is 5.32 Å². The second kappa shape index (κ2) is 5.86. The second-order valence-corrected chi connectivity index (χ2v) is 4.46. The summed E-state index contributed by atoms with van der Waals surface area (Å²) in [7, 11) is 1.83. The first-order chi connectivity index (χ1) is 9.11. The zero-order valence-corrected chi connectivity index (χ0v) is 11.1. The maximum Gasteiger partial charge on any atom is 0.269 e. The molecular weight excluding hydrogens is 268 g/mol. The quantitative estimate of drug-likeness (QED) is 0.674. The van der Waals surface area contributed by atoms with Crippen LogP contribution < -0.4 is 5.32 Å². The van der Waals surface area contributed by atoms with Gasteiger partial charge in [0.1, 0.15) is 0 Å². The number of rotatable bonds is 5. The van der Waals surface area contributed by atoms with Crippen LogP contribution >= 0.6 is 11.6 Å². The smallest absolute Gasteiger partial charge is 0.269 e. The van der Waals surface area contributed by atoms with Gasteiger partial charge in [0.2, 0.25) is 0 Å². The first kappa shape index (κ1) is 13.6. The van der Waals surface area contributed by atoms with Crippen molar-refractivity contribution in [3.05, 3.63) is 63.1 Å². The lowest BCUT2D eigenvalue weighted by Crippen LogP contribution is -2.18. The van der Waals surface area contributed by atoms with Gasteiger partial charge in [-0.1, -0.05) is 12.1 Å². The number of nitrogens with zero attached hydrogens (tertiary/aromatic N) is 1. The zero-order chi connectivity index (χ0) is 13.8. The lowest BCUT2D eigenvalue weighted by Gasteiger charge is -2.14. The van der Waals surface area contributed by atoms with Crippen LogP contribution in [0.2, 0.25) is 5.22 Å². The lowest BCUT2D eigenvalue weighted by atomic mass is 10.0. The van der Waals surface area contributed by atoms with Crippen molar-refractivity contribution in [1.82, 2.24) is 5.32 Å². The molecule has 1 aromatic heterocycles. The summed E-state index contributed by atoms with van der Waals surface area (Å²) < 4.78 is 5.07. The van der Waals surface area contributed by atoms with Gasteiger partial charge in [-0.25, -0.2) is 0 Å². The fourth-order valence-electron chi connectivity index (χ4n) is 1.91. The Morgan fingerprint density at radius 2 is 2.05 bits per heavy atom. The molecule has 0 amide bonds. The third-order valence-electron chi connectivity index (χ3n) is 2.96. The highest BCUT2D eigenvalue weighted by Crippen LogP contribution is 2.27. The second-order valence-electron chi connectivity index (χ2n) is 4.12. The number of likely N-dealkylation sites (N-methyl/N-ethyl adjacent to an activating group) is 1. The van der Waals surface area contributed by atoms with Crippen LogP contribution in [0, 0.1) is 10.1 Å². The highest BCUT2D eigenvalue weighted by molar-refractivity contribution is 6.29. The van der Waals surface area contributed by atoms with Gasteiger partial charge in [0.05, 0.1) is 11.2 Å². The molecule has 2 aromatic rings. The van der Waals surface area contributed by atoms with Gasteiger partial charge < -0.3 is 9.73 Å². The van der Waals surface area contributed by atoms with E-state index < -0.39 is 4.92 Å². The van der Waals surface area contributed by atoms with Gasteiger partial charge in [-0.3, -0.25) is 10.1 Å². The van der Waals surface area contributed by atoms with Crippen molar-refractivity contribution in [2.24, 2.45) is 0 Å². The standard InChI is InChI=1S/C13H13ClN2O3/c1-15-12(11-6-7-19-13(11)14)8-9-2-4-10(5-3-9)16(17)18/h2-7,12,15H,8H2,1H3. The van der Waals surface area contributed by atoms with Gasteiger partial charge in [-0.2, -0.15) is 0 Å². The summed E-state index contributed by atoms with van der Waals surface area (Å²) in [5, 5.41) is 14.1. The number of halogens is 1. The number of furan rings is 1. The Morgan fingerprint density at radius 1 is 1.37 bits per heavy atom. The van der Waals surface area contributed by atoms with Crippen molar-refractivity contribution in [1.29, 1.82) is 0 Å². The summed E-state index contributed by atoms with van der Waals surface area (Å²) in [6.45, 7) is 0. The van der Waals surface area contributed by atoms with Crippen LogP contribution in [-0.2, 0) is 6.42 Å². The Hall–Kier alpha value is -1.85. The molecule has 0 bridgehead atoms. The number of nitro groups is 1. The first-order valence-electron chi connectivity index (χ1n) is 5.75. The van der Waals surface area contributed by atoms with Gasteiger partial charge in [0.15, 0.2) is 5.22 Å². The summed E-state index contributed by atoms with van der Waals surface area (Å²) in [4.78, 5) is 10.2. The number of nitrogens with one attached hydrogen (secondary N) is 1. The van der Waals surface area contributed by atoms with Crippen LogP contribution in [0.4, 0.5) is 5.69 Å². The van der Waals surface area contributed by atoms with Gasteiger partial charge in [-0.05, 0) is 36.7 Å². The van der Waals surface area contributed by atoms with E-state index in [1.54, 1.807) is 12.1 Å². The van der Waals surface area contributed by atoms with E-state index in [0.717, 1.165) is 11.1 Å². The molecule has 1 unspecified atom stereocenters. The molecule has 1 heterocycles. The summed E-state index contributed by atoms with van der Waals surface area (Å²) in [6.07, 6.45) is 2.21. The van der Waals surface area contributed by atoms with E-state index in [-0.39, 0.29) is 11.7 Å². The summed E-state index contributed by atoms with van der Waals surface area (Å²) in [6, 6.07) is 8.31. The van der Waals surface area contributed by atoms with Crippen LogP contribution in [0.25, 0.3) is 0 Å². The van der Waals surface area contributed by atoms with E-state index in [0.29, 0.717) is 11.6 Å². The minimum Gasteiger partial charge on any atom is -0.453 e. The molecule has 2 rings (SSSR count). The van der Waals surface area contributed by atoms with Crippen molar-refractivity contribution in [3.8, 4) is 0 Å². The molecule has 0 aliphatic carbocycles. The van der Waals surface area contributed by atoms with Crippen LogP contribution in [0.5, 0.6) is 0 Å². The normalized spacial score (nSPS) is 12.3. The number of nitro benzene ring substituents is 1. The topological polar surface area (TPSA) is 68.3 Å². The molecule has 0 aliphatic rings. The molecule has 0 saturated heterocycles. The van der Waals surface area contributed by atoms with E-state index in [1.165, 1.54) is 18.4 Å². The minimum absolute atomic E-state index is 0.00714. The lowest BCUT2D eigenvalue weighted by molar-refractivity contribution is -0.384. The van der Waals surface area contributed by atoms with E-state index in [1.807, 2.05) is 13.1 Å². The maximum atomic E-state index is 10.6. The van der Waals surface area contributed by atoms with Gasteiger partial charge >= 0.3 is 0 Å². The predicted octanol–water partition coefficient (Wildman–Crippen LogP) is 3.34. The molecule has 1 atom stereocenters. The fourth-order valence-corrected chi connectivity index (χ4v) is 2.16. The van der Waals surface area contributed by atoms with E-state index in [4.69, 9.17) is 16.0 Å². The van der Waals surface area contributed by atoms with Gasteiger partial charge in [0.25, 0.3) is 5.69 Å². The van der Waals surface area contributed by atoms with Crippen LogP contribution in [-0.4, -0.2) is 12.0 Å². The number of hydrogen-bond donors (Lipinski definition) is 1. The molecule has 0 radical (unpaired) electrons. The van der Waals surface area contributed by atoms with Crippen molar-refractivity contribution < 1.29 is 9.34 Å². The van der Waals surface area contributed by atoms with Crippen molar-refractivity contribution >= 4 is 17.3 Å². The summed E-state index contributed by atoms with van der Waals surface area (Å²) >= 11 is 5.95. The highest BCUT2D eigenvalue weighted by Gasteiger charge is 2.16. The molecule has 19 heavy (non-hydrogen) atoms. The number of non-ortho nitro benzene ring substituents is 1. The van der Waals surface area contributed by atoms with Crippen LogP contribution in [0.1, 0.15) is 17.2 Å². The molecule has 0 fully saturated rings. The molecule has 6 heteroatoms. The zero-order valence-electron chi connectivity index (χ0n) is 10.3. The maximum absolute atomic E-state index is 10.6. The van der Waals surface area contributed by atoms with Gasteiger partial charge in [0, 0.05) is 23.7 Å². The van der Waals surface area contributed by atoms with Gasteiger partial charge in [-0.15, -0.1) is 0 Å². The Balaban J connectivity index is 2.15. The monoisotopic (exact) mass is 280 g/mol. The fraction of sp³-hybridized carbons (Fsp3) is 0.231. The predicted molar refractivity (Wildman–Crippen MR) is 72.3 cm³/mol. The third kappa shape index (κ3) is 3.13. The molecule has 1 aromatic carbocycles. The average molecular weight is 281 g/mol. The third-order valence-corrected chi connectivity index (χ3v) is 3.26. The minimum atomic E-state index is -0.410. The van der Waals surface area contributed by atoms with Crippen LogP contribution in [0.3, 0.4) is 0 Å². The van der Waals surface area contributed by atoms with E-state index >= 15 is 0 Å². The molecule has 1 N–H and O–H groups in total. The molecule has 100 valence electrons. The van der Waals surface area contributed by atoms with E-state index in [9.17, 15) is 10.1 Å². The summed E-state index contributed by atoms with van der Waals surface area (Å²) in [5.41, 5.74) is 1.95. The first-order valence-corrected chi connectivity index (χ1v) is 6.13. The number of hydrogen-bond acceptors (Lipinski definition) is 4. The molecule has 5 nitrogen and oxygen atoms in total. The van der Waals surface area contributed by atoms with Crippen LogP contribution in [0.15, 0.2) is 41.0 Å². The highest BCUT2D eigenvalue weighted by atomic mass is 35.5. The van der Waals surface area contributed by atoms with Crippen molar-refractivity contribution in [3.63, 3.8) is 0 Å².